The van der Waals surface area contributed by atoms with Crippen LogP contribution in [0.2, 0.25) is 0 Å². The second-order valence-corrected chi connectivity index (χ2v) is 52.1. The van der Waals surface area contributed by atoms with Crippen LogP contribution in [-0.2, 0) is 39.3 Å². The number of rotatable bonds is 0. The van der Waals surface area contributed by atoms with Crippen LogP contribution < -0.4 is 0 Å². The molecule has 2 aromatic carbocycles. The van der Waals surface area contributed by atoms with Crippen LogP contribution in [0.15, 0.2) is 172 Å². The fraction of sp³-hybridized carbons (Fsp3) is 0.719. The third kappa shape index (κ3) is 15.5. The summed E-state index contributed by atoms with van der Waals surface area (Å²) in [5, 5.41) is 0. The van der Waals surface area contributed by atoms with Crippen molar-refractivity contribution >= 4 is 0 Å². The molecule has 6 nitrogen and oxygen atoms in total. The van der Waals surface area contributed by atoms with E-state index in [0.29, 0.717) is 61.9 Å². The van der Waals surface area contributed by atoms with E-state index in [1.165, 1.54) is 158 Å². The fourth-order valence-electron chi connectivity index (χ4n) is 29.8. The molecule has 0 radical (unpaired) electrons. The van der Waals surface area contributed by atoms with Gasteiger partial charge in [0.15, 0.2) is 0 Å². The lowest BCUT2D eigenvalue weighted by Crippen LogP contribution is -2.44. The number of hydrogen-bond donors (Lipinski definition) is 0. The van der Waals surface area contributed by atoms with Crippen LogP contribution in [-0.4, -0.2) is 69.2 Å². The second kappa shape index (κ2) is 33.0. The number of ether oxygens (including phenoxy) is 6. The lowest BCUT2D eigenvalue weighted by molar-refractivity contribution is -0.167. The molecular weight excluding hydrogens is 1590 g/mol. The third-order valence-electron chi connectivity index (χ3n) is 41.2. The first-order chi connectivity index (χ1) is 58.9. The largest absolute Gasteiger partial charge is 0.366 e. The minimum absolute atomic E-state index is 0.0197. The van der Waals surface area contributed by atoms with Gasteiger partial charge in [0.2, 0.25) is 11.7 Å². The molecule has 12 aliphatic heterocycles. The summed E-state index contributed by atoms with van der Waals surface area (Å²) in [4.78, 5) is 0. The summed E-state index contributed by atoms with van der Waals surface area (Å²) >= 11 is 0. The predicted octanol–water partition coefficient (Wildman–Crippen LogP) is 34.4. The van der Waals surface area contributed by atoms with E-state index in [1.54, 1.807) is 80.7 Å². The molecule has 8 aliphatic carbocycles. The van der Waals surface area contributed by atoms with E-state index in [1.807, 2.05) is 0 Å². The number of hydrogen-bond acceptors (Lipinski definition) is 6. The number of allylic oxidation sites excluding steroid dienone is 10. The summed E-state index contributed by atoms with van der Waals surface area (Å²) in [5.74, 6) is -0.454. The molecule has 2 aromatic rings. The van der Waals surface area contributed by atoms with Crippen molar-refractivity contribution in [3.63, 3.8) is 0 Å². The molecule has 20 unspecified atom stereocenters. The third-order valence-corrected chi connectivity index (χ3v) is 41.2. The first kappa shape index (κ1) is 102. The summed E-state index contributed by atoms with van der Waals surface area (Å²) in [6, 6.07) is 17.9. The zero-order chi connectivity index (χ0) is 96.4. The summed E-state index contributed by atoms with van der Waals surface area (Å²) in [7, 11) is 0. The van der Waals surface area contributed by atoms with Crippen molar-refractivity contribution in [3.05, 3.63) is 194 Å². The van der Waals surface area contributed by atoms with Gasteiger partial charge in [-0.15, -0.1) is 0 Å². The van der Waals surface area contributed by atoms with E-state index < -0.39 is 11.7 Å². The summed E-state index contributed by atoms with van der Waals surface area (Å²) in [5.41, 5.74) is 38.6. The van der Waals surface area contributed by atoms with Crippen molar-refractivity contribution < 1.29 is 37.2 Å². The fourth-order valence-corrected chi connectivity index (χ4v) is 29.8. The molecule has 8 heteroatoms. The van der Waals surface area contributed by atoms with Crippen molar-refractivity contribution in [1.82, 2.24) is 0 Å². The summed E-state index contributed by atoms with van der Waals surface area (Å²) in [6.45, 7) is 97.9. The van der Waals surface area contributed by atoms with Crippen LogP contribution in [0.5, 0.6) is 0 Å². The Morgan fingerprint density at radius 1 is 0.279 bits per heavy atom. The molecule has 20 atom stereocenters. The van der Waals surface area contributed by atoms with Crippen LogP contribution in [0.4, 0.5) is 8.78 Å². The van der Waals surface area contributed by atoms with E-state index in [2.05, 4.69) is 349 Å². The Labute approximate surface area is 787 Å². The van der Waals surface area contributed by atoms with Gasteiger partial charge >= 0.3 is 0 Å². The maximum atomic E-state index is 13.5. The highest BCUT2D eigenvalue weighted by Gasteiger charge is 2.68. The number of benzene rings is 2. The molecule has 129 heavy (non-hydrogen) atoms. The zero-order valence-corrected chi connectivity index (χ0v) is 90.2. The molecule has 0 N–H and O–H groups in total. The average Bonchev–Trinajstić information content (AvgIpc) is 1.50. The standard InChI is InChI=1S/C17H30.C16H28O.C15H18.C13H22O.C13H14.C12H20O.C10H16O.C9H12.C8H10F2O.C8H12O/c1-12-13(2)17(15(6,7)8)10-9-16(12,11-17)14(3,4)5;1-11-12(2)16(14(6,7)8)10-9-15(11,17-16)13(3,4)5;1-10-11(2)15(4)9-14(10,3)12-7-5-6-8-13(12)15;1-9-10(2)13(11(3,4)5)8-7-12(9,6)14-13;1-8-9(2)13-7-12(8)10-5-3-4-6-11(10)13;1-8-9(2)12(11(3,4)5)7-6-10(8)13-12;1-7-8(2)10(4)6-5-9(7,3)11-10;1-6-7(2)9-4-3-8(6)5-9;1-5-6(2)8(10)4-3-7(5,9)11-8;1-5-6(2)8-4-3-7(5)9-8/h9-11H2,1-8H3;9-10H2,1-8H3;5-8H,9H2,1-4H3;7-8H2,1-6H3;3-6,12-13H,7H2,1-2H3;10H,6-7H2,1-5H3;5-6H2,1-4H3;3-4,8-9H,5H2,1-2H3;3-4H2,1-2H3;7-8H,3-4H2,1-2H3. The second-order valence-electron chi connectivity index (χ2n) is 52.1. The number of fused-ring (bicyclic) bond motifs is 26. The first-order valence-corrected chi connectivity index (χ1v) is 51.1. The van der Waals surface area contributed by atoms with Crippen molar-refractivity contribution in [3.8, 4) is 0 Å². The molecule has 0 spiro atoms. The lowest BCUT2D eigenvalue weighted by Gasteiger charge is -2.42. The Morgan fingerprint density at radius 3 is 0.891 bits per heavy atom. The van der Waals surface area contributed by atoms with Gasteiger partial charge in [-0.3, -0.25) is 0 Å². The van der Waals surface area contributed by atoms with Crippen molar-refractivity contribution in [2.75, 3.05) is 0 Å². The summed E-state index contributed by atoms with van der Waals surface area (Å²) < 4.78 is 62.5. The molecule has 6 saturated heterocycles. The Hall–Kier alpha value is -4.80. The first-order valence-electron chi connectivity index (χ1n) is 51.1. The lowest BCUT2D eigenvalue weighted by atomic mass is 9.62. The predicted molar refractivity (Wildman–Crippen MR) is 539 cm³/mol. The number of halogens is 2. The van der Waals surface area contributed by atoms with Gasteiger partial charge in [0.25, 0.3) is 0 Å². The van der Waals surface area contributed by atoms with Gasteiger partial charge in [-0.2, -0.15) is 0 Å². The Balaban J connectivity index is 0.000000123. The highest BCUT2D eigenvalue weighted by Crippen LogP contribution is 2.75. The highest BCUT2D eigenvalue weighted by atomic mass is 19.2. The van der Waals surface area contributed by atoms with E-state index in [0.717, 1.165) is 23.7 Å². The number of alkyl halides is 2. The Bertz CT molecular complexity index is 4780. The van der Waals surface area contributed by atoms with Crippen LogP contribution >= 0.6 is 0 Å². The van der Waals surface area contributed by atoms with Crippen LogP contribution in [0.25, 0.3) is 0 Å². The maximum absolute atomic E-state index is 13.5. The van der Waals surface area contributed by atoms with Crippen molar-refractivity contribution in [1.29, 1.82) is 0 Å². The smallest absolute Gasteiger partial charge is 0.234 e. The van der Waals surface area contributed by atoms with Gasteiger partial charge in [-0.25, -0.2) is 8.78 Å². The van der Waals surface area contributed by atoms with E-state index in [-0.39, 0.29) is 73.7 Å². The summed E-state index contributed by atoms with van der Waals surface area (Å²) in [6.07, 6.45) is 26.7. The molecule has 0 amide bonds. The molecule has 716 valence electrons. The molecule has 22 rings (SSSR count). The normalized spacial score (nSPS) is 39.8. The Kier molecular flexibility index (Phi) is 26.0. The van der Waals surface area contributed by atoms with Crippen LogP contribution in [0.1, 0.15) is 447 Å². The average molecular weight is 1770 g/mol. The molecule has 0 aromatic heterocycles. The van der Waals surface area contributed by atoms with Crippen molar-refractivity contribution in [2.24, 2.45) is 55.2 Å². The van der Waals surface area contributed by atoms with Gasteiger partial charge in [-0.1, -0.05) is 244 Å². The van der Waals surface area contributed by atoms with E-state index in [4.69, 9.17) is 23.7 Å². The van der Waals surface area contributed by atoms with Gasteiger partial charge in [0.05, 0.1) is 57.5 Å². The Morgan fingerprint density at radius 2 is 0.628 bits per heavy atom. The molecular formula is C121H182F2O6. The molecule has 12 heterocycles. The van der Waals surface area contributed by atoms with E-state index in [9.17, 15) is 8.78 Å². The van der Waals surface area contributed by atoms with Gasteiger partial charge in [-0.05, 0) is 406 Å². The molecule has 20 aliphatic rings. The van der Waals surface area contributed by atoms with Crippen LogP contribution in [0.3, 0.4) is 0 Å². The minimum atomic E-state index is -1.79. The topological polar surface area (TPSA) is 55.4 Å². The maximum Gasteiger partial charge on any atom is 0.234 e. The van der Waals surface area contributed by atoms with Crippen LogP contribution in [0, 0.1) is 55.2 Å². The van der Waals surface area contributed by atoms with Crippen molar-refractivity contribution in [2.45, 2.75) is 505 Å². The van der Waals surface area contributed by atoms with E-state index >= 15 is 0 Å². The van der Waals surface area contributed by atoms with Gasteiger partial charge in [0, 0.05) is 35.5 Å². The van der Waals surface area contributed by atoms with Gasteiger partial charge in [0.1, 0.15) is 0 Å². The molecule has 1 saturated carbocycles. The minimum Gasteiger partial charge on any atom is -0.366 e. The molecule has 7 fully saturated rings. The quantitative estimate of drug-likeness (QED) is 0.245. The zero-order valence-electron chi connectivity index (χ0n) is 90.2. The SMILES string of the molecule is CC1=C(C)C2(C(C)(C)C)CCC1(C(C)(C)C)C2.CC1=C(C)C2(C(C)(C)C)CCC1(C(C)(C)C)O2.CC1=C(C)C2(C(C)(C)C)CCC1(C)O2.CC1=C(C)C2(C(C)(C)C)CCC1O2.CC1=C(C)C2(C)CC1(C)c1ccccc12.CC1=C(C)C2(C)CCC1(C)O2.CC1=C(C)C2(F)CCC1(F)O2.CC1=C(C)C2C=CC1C2.CC1=C(C)C2CC1c1ccccc12.CC1=C(C)C2CCC1O2. The monoisotopic (exact) mass is 1770 g/mol. The highest BCUT2D eigenvalue weighted by molar-refractivity contribution is 5.62. The van der Waals surface area contributed by atoms with Gasteiger partial charge < -0.3 is 28.4 Å². The molecule has 20 bridgehead atoms.